The lowest BCUT2D eigenvalue weighted by Crippen LogP contribution is -2.21. The number of aryl methyl sites for hydroxylation is 1. The van der Waals surface area contributed by atoms with Crippen molar-refractivity contribution in [2.45, 2.75) is 33.6 Å². The number of benzene rings is 2. The number of aromatic nitrogens is 1. The summed E-state index contributed by atoms with van der Waals surface area (Å²) in [6.07, 6.45) is 4.19. The normalized spacial score (nSPS) is 16.6. The maximum Gasteiger partial charge on any atom is 0.224 e. The van der Waals surface area contributed by atoms with Crippen LogP contribution in [0.4, 0.5) is 20.2 Å². The molecular formula is C27H25F2N5O2. The van der Waals surface area contributed by atoms with Gasteiger partial charge in [0.2, 0.25) is 5.91 Å². The fourth-order valence-electron chi connectivity index (χ4n) is 3.87. The first-order valence-corrected chi connectivity index (χ1v) is 11.5. The van der Waals surface area contributed by atoms with Crippen LogP contribution in [0.3, 0.4) is 0 Å². The Bertz CT molecular complexity index is 1460. The SMILES string of the molecule is CCC(=O)Nc1cccc(NC2=N/C=C/CC(C)C(Oc3cc(F)c4[nH]c(C)cc4c3F)=C2C#N)c1. The van der Waals surface area contributed by atoms with Gasteiger partial charge < -0.3 is 20.4 Å². The van der Waals surface area contributed by atoms with Gasteiger partial charge in [0.15, 0.2) is 23.2 Å². The number of amides is 1. The Morgan fingerprint density at radius 2 is 2.06 bits per heavy atom. The highest BCUT2D eigenvalue weighted by Gasteiger charge is 2.25. The summed E-state index contributed by atoms with van der Waals surface area (Å²) in [4.78, 5) is 18.9. The van der Waals surface area contributed by atoms with Crippen molar-refractivity contribution >= 4 is 34.0 Å². The number of hydrogen-bond acceptors (Lipinski definition) is 5. The second kappa shape index (κ2) is 10.4. The average Bonchev–Trinajstić information content (AvgIpc) is 3.26. The van der Waals surface area contributed by atoms with Crippen molar-refractivity contribution in [1.82, 2.24) is 4.98 Å². The van der Waals surface area contributed by atoms with Crippen LogP contribution in [0.2, 0.25) is 0 Å². The highest BCUT2D eigenvalue weighted by molar-refractivity contribution is 6.11. The van der Waals surface area contributed by atoms with Crippen LogP contribution in [-0.4, -0.2) is 16.7 Å². The molecule has 0 fully saturated rings. The zero-order chi connectivity index (χ0) is 25.8. The topological polar surface area (TPSA) is 102 Å². The summed E-state index contributed by atoms with van der Waals surface area (Å²) < 4.78 is 35.9. The number of aromatic amines is 1. The number of carbonyl (C=O) groups is 1. The van der Waals surface area contributed by atoms with Gasteiger partial charge in [0.1, 0.15) is 17.4 Å². The van der Waals surface area contributed by atoms with Gasteiger partial charge in [-0.1, -0.05) is 26.0 Å². The molecule has 0 aliphatic carbocycles. The minimum absolute atomic E-state index is 0.0550. The Morgan fingerprint density at radius 3 is 2.81 bits per heavy atom. The van der Waals surface area contributed by atoms with E-state index in [1.165, 1.54) is 6.07 Å². The van der Waals surface area contributed by atoms with Crippen LogP contribution < -0.4 is 15.4 Å². The predicted molar refractivity (Wildman–Crippen MR) is 136 cm³/mol. The molecule has 9 heteroatoms. The second-order valence-electron chi connectivity index (χ2n) is 8.47. The molecule has 3 aromatic rings. The van der Waals surface area contributed by atoms with Crippen molar-refractivity contribution in [2.75, 3.05) is 10.6 Å². The molecule has 1 amide bonds. The first-order chi connectivity index (χ1) is 17.3. The molecule has 2 heterocycles. The van der Waals surface area contributed by atoms with Crippen LogP contribution >= 0.6 is 0 Å². The molecule has 1 unspecified atom stereocenters. The van der Waals surface area contributed by atoms with Gasteiger partial charge in [-0.05, 0) is 37.6 Å². The van der Waals surface area contributed by atoms with Gasteiger partial charge in [0.05, 0.1) is 5.52 Å². The number of anilines is 2. The summed E-state index contributed by atoms with van der Waals surface area (Å²) in [5.41, 5.74) is 1.86. The molecule has 1 aliphatic rings. The number of halogens is 2. The first-order valence-electron chi connectivity index (χ1n) is 11.5. The third kappa shape index (κ3) is 5.13. The maximum atomic E-state index is 15.3. The van der Waals surface area contributed by atoms with Crippen LogP contribution in [0.25, 0.3) is 10.9 Å². The van der Waals surface area contributed by atoms with Gasteiger partial charge in [0, 0.05) is 47.1 Å². The van der Waals surface area contributed by atoms with Gasteiger partial charge in [-0.2, -0.15) is 5.26 Å². The van der Waals surface area contributed by atoms with Gasteiger partial charge in [0.25, 0.3) is 0 Å². The monoisotopic (exact) mass is 489 g/mol. The standard InChI is InChI=1S/C27H25F2N5O2/c1-4-23(35)33-17-8-5-9-18(12-17)34-27-20(14-30)26(15(2)7-6-10-31-27)36-22-13-21(28)25-19(24(22)29)11-16(3)32-25/h5-6,8-13,15,32H,4,7H2,1-3H3,(H,31,34)(H,33,35)/b10-6+,26-20?. The zero-order valence-electron chi connectivity index (χ0n) is 20.1. The zero-order valence-corrected chi connectivity index (χ0v) is 20.1. The maximum absolute atomic E-state index is 15.3. The lowest BCUT2D eigenvalue weighted by atomic mass is 9.99. The summed E-state index contributed by atoms with van der Waals surface area (Å²) >= 11 is 0. The number of rotatable bonds is 5. The van der Waals surface area contributed by atoms with E-state index in [2.05, 4.69) is 26.7 Å². The average molecular weight is 490 g/mol. The van der Waals surface area contributed by atoms with Crippen molar-refractivity contribution in [3.8, 4) is 11.8 Å². The summed E-state index contributed by atoms with van der Waals surface area (Å²) in [5, 5.41) is 16.0. The Kier molecular flexibility index (Phi) is 7.15. The minimum Gasteiger partial charge on any atom is -0.457 e. The lowest BCUT2D eigenvalue weighted by molar-refractivity contribution is -0.115. The quantitative estimate of drug-likeness (QED) is 0.390. The molecule has 3 N–H and O–H groups in total. The molecule has 1 aliphatic heterocycles. The van der Waals surface area contributed by atoms with Crippen molar-refractivity contribution in [3.05, 3.63) is 77.3 Å². The van der Waals surface area contributed by atoms with Crippen molar-refractivity contribution in [1.29, 1.82) is 5.26 Å². The van der Waals surface area contributed by atoms with E-state index in [1.54, 1.807) is 50.4 Å². The van der Waals surface area contributed by atoms with Crippen LogP contribution in [0.1, 0.15) is 32.4 Å². The number of amidine groups is 1. The number of hydrogen-bond donors (Lipinski definition) is 3. The molecule has 0 spiro atoms. The smallest absolute Gasteiger partial charge is 0.224 e. The number of H-pyrrole nitrogens is 1. The third-order valence-electron chi connectivity index (χ3n) is 5.69. The Hall–Kier alpha value is -4.45. The Labute approximate surface area is 207 Å². The van der Waals surface area contributed by atoms with Gasteiger partial charge in [-0.3, -0.25) is 4.79 Å². The molecule has 4 rings (SSSR count). The second-order valence-corrected chi connectivity index (χ2v) is 8.47. The largest absolute Gasteiger partial charge is 0.457 e. The van der Waals surface area contributed by atoms with E-state index in [4.69, 9.17) is 4.74 Å². The van der Waals surface area contributed by atoms with Crippen LogP contribution in [0, 0.1) is 35.8 Å². The van der Waals surface area contributed by atoms with E-state index in [0.29, 0.717) is 29.9 Å². The molecule has 184 valence electrons. The number of fused-ring (bicyclic) bond motifs is 1. The van der Waals surface area contributed by atoms with Crippen LogP contribution in [0.5, 0.6) is 5.75 Å². The van der Waals surface area contributed by atoms with E-state index < -0.39 is 11.6 Å². The molecular weight excluding hydrogens is 464 g/mol. The number of nitriles is 1. The third-order valence-corrected chi connectivity index (χ3v) is 5.69. The molecule has 7 nitrogen and oxygen atoms in total. The van der Waals surface area contributed by atoms with E-state index in [-0.39, 0.29) is 45.6 Å². The Morgan fingerprint density at radius 1 is 1.28 bits per heavy atom. The predicted octanol–water partition coefficient (Wildman–Crippen LogP) is 6.32. The summed E-state index contributed by atoms with van der Waals surface area (Å²) in [6.45, 7) is 5.29. The summed E-state index contributed by atoms with van der Waals surface area (Å²) in [6, 6.07) is 11.5. The molecule has 0 radical (unpaired) electrons. The van der Waals surface area contributed by atoms with E-state index in [0.717, 1.165) is 6.07 Å². The summed E-state index contributed by atoms with van der Waals surface area (Å²) in [5.74, 6) is -1.83. The lowest BCUT2D eigenvalue weighted by Gasteiger charge is -2.21. The number of aliphatic imine (C=N–C) groups is 1. The highest BCUT2D eigenvalue weighted by Crippen LogP contribution is 2.33. The highest BCUT2D eigenvalue weighted by atomic mass is 19.1. The molecule has 0 saturated heterocycles. The molecule has 0 bridgehead atoms. The van der Waals surface area contributed by atoms with E-state index >= 15 is 4.39 Å². The number of nitrogens with zero attached hydrogens (tertiary/aromatic N) is 2. The molecule has 1 atom stereocenters. The number of allylic oxidation sites excluding steroid dienone is 2. The van der Waals surface area contributed by atoms with Crippen molar-refractivity contribution in [2.24, 2.45) is 10.9 Å². The number of ether oxygens (including phenoxy) is 1. The summed E-state index contributed by atoms with van der Waals surface area (Å²) in [7, 11) is 0. The first kappa shape index (κ1) is 24.7. The molecule has 2 aromatic carbocycles. The van der Waals surface area contributed by atoms with Gasteiger partial charge in [-0.25, -0.2) is 13.8 Å². The molecule has 0 saturated carbocycles. The van der Waals surface area contributed by atoms with Gasteiger partial charge in [-0.15, -0.1) is 0 Å². The van der Waals surface area contributed by atoms with E-state index in [9.17, 15) is 14.4 Å². The fourth-order valence-corrected chi connectivity index (χ4v) is 3.87. The molecule has 1 aromatic heterocycles. The van der Waals surface area contributed by atoms with Crippen LogP contribution in [-0.2, 0) is 4.79 Å². The number of carbonyl (C=O) groups excluding carboxylic acids is 1. The Balaban J connectivity index is 1.73. The number of nitrogens with one attached hydrogen (secondary N) is 3. The minimum atomic E-state index is -0.726. The fraction of sp³-hybridized carbons (Fsp3) is 0.222. The molecule has 36 heavy (non-hydrogen) atoms. The van der Waals surface area contributed by atoms with E-state index in [1.807, 2.05) is 6.92 Å². The van der Waals surface area contributed by atoms with Crippen molar-refractivity contribution in [3.63, 3.8) is 0 Å². The van der Waals surface area contributed by atoms with Gasteiger partial charge >= 0.3 is 0 Å². The van der Waals surface area contributed by atoms with Crippen LogP contribution in [0.15, 0.2) is 65.0 Å². The van der Waals surface area contributed by atoms with Crippen molar-refractivity contribution < 1.29 is 18.3 Å².